The van der Waals surface area contributed by atoms with Gasteiger partial charge in [0.15, 0.2) is 0 Å². The summed E-state index contributed by atoms with van der Waals surface area (Å²) in [6.07, 6.45) is 0.860. The van der Waals surface area contributed by atoms with Crippen LogP contribution in [0.1, 0.15) is 12.0 Å². The lowest BCUT2D eigenvalue weighted by molar-refractivity contribution is 0.176. The topological polar surface area (TPSA) is 41.6 Å². The number of methoxy groups -OCH3 is 1. The highest BCUT2D eigenvalue weighted by Crippen LogP contribution is 2.17. The van der Waals surface area contributed by atoms with Crippen LogP contribution in [0, 0.1) is 6.92 Å². The van der Waals surface area contributed by atoms with Gasteiger partial charge in [0.1, 0.15) is 0 Å². The largest absolute Gasteiger partial charge is 0.385 e. The van der Waals surface area contributed by atoms with Crippen molar-refractivity contribution in [2.24, 2.45) is 0 Å². The maximum absolute atomic E-state index is 11.8. The van der Waals surface area contributed by atoms with E-state index in [-0.39, 0.29) is 6.03 Å². The van der Waals surface area contributed by atoms with Gasteiger partial charge in [0.05, 0.1) is 0 Å². The highest BCUT2D eigenvalue weighted by atomic mass is 32.2. The van der Waals surface area contributed by atoms with E-state index in [4.69, 9.17) is 4.74 Å². The monoisotopic (exact) mass is 296 g/mol. The molecule has 0 aromatic heterocycles. The summed E-state index contributed by atoms with van der Waals surface area (Å²) in [5, 5.41) is 2.92. The lowest BCUT2D eigenvalue weighted by atomic mass is 10.2. The number of aryl methyl sites for hydroxylation is 1. The van der Waals surface area contributed by atoms with Crippen molar-refractivity contribution in [3.8, 4) is 0 Å². The van der Waals surface area contributed by atoms with E-state index in [1.54, 1.807) is 30.8 Å². The molecule has 0 fully saturated rings. The molecule has 0 radical (unpaired) electrons. The first-order valence-electron chi connectivity index (χ1n) is 6.81. The Balaban J connectivity index is 2.13. The second kappa shape index (κ2) is 9.66. The maximum atomic E-state index is 11.8. The molecule has 112 valence electrons. The molecule has 2 amide bonds. The molecule has 1 aromatic rings. The molecule has 0 aliphatic heterocycles. The van der Waals surface area contributed by atoms with Crippen LogP contribution >= 0.6 is 11.8 Å². The Bertz CT molecular complexity index is 395. The summed E-state index contributed by atoms with van der Waals surface area (Å²) in [4.78, 5) is 14.7. The Morgan fingerprint density at radius 1 is 1.35 bits per heavy atom. The minimum absolute atomic E-state index is 0.0226. The SMILES string of the molecule is COCCCN(C)C(=O)NCCSc1ccc(C)cc1. The molecule has 0 atom stereocenters. The van der Waals surface area contributed by atoms with Crippen molar-refractivity contribution in [3.63, 3.8) is 0 Å². The molecule has 5 heteroatoms. The number of urea groups is 1. The molecule has 1 rings (SSSR count). The van der Waals surface area contributed by atoms with Crippen LogP contribution in [-0.4, -0.2) is 50.5 Å². The smallest absolute Gasteiger partial charge is 0.317 e. The Labute approximate surface area is 125 Å². The van der Waals surface area contributed by atoms with E-state index in [9.17, 15) is 4.79 Å². The molecule has 0 saturated carbocycles. The van der Waals surface area contributed by atoms with Gasteiger partial charge < -0.3 is 15.0 Å². The molecule has 1 aromatic carbocycles. The summed E-state index contributed by atoms with van der Waals surface area (Å²) in [7, 11) is 3.47. The zero-order chi connectivity index (χ0) is 14.8. The fourth-order valence-electron chi connectivity index (χ4n) is 1.64. The number of thioether (sulfide) groups is 1. The maximum Gasteiger partial charge on any atom is 0.317 e. The summed E-state index contributed by atoms with van der Waals surface area (Å²) in [6.45, 7) is 4.14. The van der Waals surface area contributed by atoms with E-state index < -0.39 is 0 Å². The molecule has 1 N–H and O–H groups in total. The third-order valence-electron chi connectivity index (χ3n) is 2.86. The zero-order valence-electron chi connectivity index (χ0n) is 12.5. The van der Waals surface area contributed by atoms with Crippen molar-refractivity contribution in [2.45, 2.75) is 18.2 Å². The first-order chi connectivity index (χ1) is 9.63. The van der Waals surface area contributed by atoms with Gasteiger partial charge in [-0.2, -0.15) is 0 Å². The first kappa shape index (κ1) is 16.9. The number of nitrogens with zero attached hydrogens (tertiary/aromatic N) is 1. The molecule has 0 bridgehead atoms. The van der Waals surface area contributed by atoms with Crippen LogP contribution < -0.4 is 5.32 Å². The van der Waals surface area contributed by atoms with Gasteiger partial charge in [-0.15, -0.1) is 11.8 Å². The van der Waals surface area contributed by atoms with Crippen LogP contribution in [0.5, 0.6) is 0 Å². The van der Waals surface area contributed by atoms with Crippen molar-refractivity contribution in [2.75, 3.05) is 39.6 Å². The Kier molecular flexibility index (Phi) is 8.14. The fourth-order valence-corrected chi connectivity index (χ4v) is 2.41. The molecule has 4 nitrogen and oxygen atoms in total. The predicted octanol–water partition coefficient (Wildman–Crippen LogP) is 2.77. The van der Waals surface area contributed by atoms with Crippen molar-refractivity contribution >= 4 is 17.8 Å². The Hall–Kier alpha value is -1.20. The number of carbonyl (C=O) groups is 1. The number of nitrogens with one attached hydrogen (secondary N) is 1. The molecular weight excluding hydrogens is 272 g/mol. The van der Waals surface area contributed by atoms with Crippen LogP contribution in [-0.2, 0) is 4.74 Å². The molecule has 0 heterocycles. The van der Waals surface area contributed by atoms with Crippen LogP contribution in [0.15, 0.2) is 29.2 Å². The number of rotatable bonds is 8. The van der Waals surface area contributed by atoms with E-state index in [0.717, 1.165) is 12.2 Å². The lowest BCUT2D eigenvalue weighted by Crippen LogP contribution is -2.39. The number of ether oxygens (including phenoxy) is 1. The molecule has 0 unspecified atom stereocenters. The van der Waals surface area contributed by atoms with Gasteiger partial charge in [0.2, 0.25) is 0 Å². The van der Waals surface area contributed by atoms with E-state index in [1.165, 1.54) is 10.5 Å². The molecule has 0 aliphatic rings. The van der Waals surface area contributed by atoms with Crippen LogP contribution in [0.25, 0.3) is 0 Å². The predicted molar refractivity (Wildman–Crippen MR) is 84.4 cm³/mol. The highest BCUT2D eigenvalue weighted by Gasteiger charge is 2.06. The number of hydrogen-bond acceptors (Lipinski definition) is 3. The van der Waals surface area contributed by atoms with Crippen molar-refractivity contribution < 1.29 is 9.53 Å². The molecule has 0 spiro atoms. The summed E-state index contributed by atoms with van der Waals surface area (Å²) in [5.41, 5.74) is 1.26. The quantitative estimate of drug-likeness (QED) is 0.592. The number of benzene rings is 1. The summed E-state index contributed by atoms with van der Waals surface area (Å²) in [6, 6.07) is 8.40. The van der Waals surface area contributed by atoms with Crippen molar-refractivity contribution in [1.29, 1.82) is 0 Å². The second-order valence-corrected chi connectivity index (χ2v) is 5.83. The van der Waals surface area contributed by atoms with Crippen molar-refractivity contribution in [1.82, 2.24) is 10.2 Å². The Morgan fingerprint density at radius 2 is 2.05 bits per heavy atom. The summed E-state index contributed by atoms with van der Waals surface area (Å²) < 4.78 is 4.97. The van der Waals surface area contributed by atoms with Gasteiger partial charge in [0.25, 0.3) is 0 Å². The minimum atomic E-state index is -0.0226. The molecular formula is C15H24N2O2S. The van der Waals surface area contributed by atoms with E-state index in [0.29, 0.717) is 19.7 Å². The van der Waals surface area contributed by atoms with Crippen LogP contribution in [0.3, 0.4) is 0 Å². The molecule has 20 heavy (non-hydrogen) atoms. The summed E-state index contributed by atoms with van der Waals surface area (Å²) in [5.74, 6) is 0.876. The average Bonchev–Trinajstić information content (AvgIpc) is 2.45. The van der Waals surface area contributed by atoms with Gasteiger partial charge in [-0.05, 0) is 25.5 Å². The van der Waals surface area contributed by atoms with E-state index in [2.05, 4.69) is 36.5 Å². The molecule has 0 saturated heterocycles. The lowest BCUT2D eigenvalue weighted by Gasteiger charge is -2.17. The Morgan fingerprint density at radius 3 is 2.70 bits per heavy atom. The summed E-state index contributed by atoms with van der Waals surface area (Å²) >= 11 is 1.75. The third kappa shape index (κ3) is 6.82. The van der Waals surface area contributed by atoms with E-state index in [1.807, 2.05) is 0 Å². The third-order valence-corrected chi connectivity index (χ3v) is 3.87. The average molecular weight is 296 g/mol. The van der Waals surface area contributed by atoms with Crippen LogP contribution in [0.4, 0.5) is 4.79 Å². The van der Waals surface area contributed by atoms with Crippen LogP contribution in [0.2, 0.25) is 0 Å². The van der Waals surface area contributed by atoms with Gasteiger partial charge in [0, 0.05) is 44.5 Å². The van der Waals surface area contributed by atoms with Gasteiger partial charge in [-0.3, -0.25) is 0 Å². The number of carbonyl (C=O) groups excluding carboxylic acids is 1. The minimum Gasteiger partial charge on any atom is -0.385 e. The molecule has 0 aliphatic carbocycles. The van der Waals surface area contributed by atoms with Gasteiger partial charge in [-0.25, -0.2) is 4.79 Å². The van der Waals surface area contributed by atoms with Crippen molar-refractivity contribution in [3.05, 3.63) is 29.8 Å². The normalized spacial score (nSPS) is 10.3. The zero-order valence-corrected chi connectivity index (χ0v) is 13.3. The number of hydrogen-bond donors (Lipinski definition) is 1. The van der Waals surface area contributed by atoms with Gasteiger partial charge >= 0.3 is 6.03 Å². The fraction of sp³-hybridized carbons (Fsp3) is 0.533. The highest BCUT2D eigenvalue weighted by molar-refractivity contribution is 7.99. The second-order valence-electron chi connectivity index (χ2n) is 4.66. The first-order valence-corrected chi connectivity index (χ1v) is 7.79. The van der Waals surface area contributed by atoms with Gasteiger partial charge in [-0.1, -0.05) is 17.7 Å². The number of amides is 2. The van der Waals surface area contributed by atoms with E-state index >= 15 is 0 Å². The standard InChI is InChI=1S/C15H24N2O2S/c1-13-5-7-14(8-6-13)20-12-9-16-15(18)17(2)10-4-11-19-3/h5-8H,4,9-12H2,1-3H3,(H,16,18).